The van der Waals surface area contributed by atoms with Crippen molar-refractivity contribution in [2.75, 3.05) is 7.05 Å². The molecular weight excluding hydrogens is 214 g/mol. The van der Waals surface area contributed by atoms with Crippen LogP contribution in [-0.2, 0) is 6.42 Å². The lowest BCUT2D eigenvalue weighted by Gasteiger charge is -2.51. The Morgan fingerprint density at radius 1 is 1.53 bits per heavy atom. The Kier molecular flexibility index (Phi) is 3.32. The monoisotopic (exact) mass is 237 g/mol. The van der Waals surface area contributed by atoms with Gasteiger partial charge in [0.15, 0.2) is 0 Å². The second-order valence-corrected chi connectivity index (χ2v) is 5.81. The van der Waals surface area contributed by atoms with Crippen LogP contribution in [0.1, 0.15) is 33.0 Å². The van der Waals surface area contributed by atoms with Gasteiger partial charge in [0.2, 0.25) is 0 Å². The SMILES string of the molecule is CC1CC(O)C(Cc2ccco2)C(C)(C)N1C. The Morgan fingerprint density at radius 3 is 2.82 bits per heavy atom. The van der Waals surface area contributed by atoms with Gasteiger partial charge in [-0.3, -0.25) is 4.90 Å². The van der Waals surface area contributed by atoms with Gasteiger partial charge >= 0.3 is 0 Å². The summed E-state index contributed by atoms with van der Waals surface area (Å²) in [6, 6.07) is 4.32. The van der Waals surface area contributed by atoms with Crippen molar-refractivity contribution in [2.45, 2.75) is 51.3 Å². The minimum absolute atomic E-state index is 0.0100. The van der Waals surface area contributed by atoms with Gasteiger partial charge in [0.25, 0.3) is 0 Å². The van der Waals surface area contributed by atoms with Gasteiger partial charge in [-0.2, -0.15) is 0 Å². The molecule has 96 valence electrons. The Hall–Kier alpha value is -0.800. The number of rotatable bonds is 2. The van der Waals surface area contributed by atoms with Crippen molar-refractivity contribution < 1.29 is 9.52 Å². The van der Waals surface area contributed by atoms with Gasteiger partial charge in [-0.05, 0) is 46.4 Å². The number of hydrogen-bond donors (Lipinski definition) is 1. The van der Waals surface area contributed by atoms with Crippen molar-refractivity contribution >= 4 is 0 Å². The summed E-state index contributed by atoms with van der Waals surface area (Å²) in [6.45, 7) is 6.59. The van der Waals surface area contributed by atoms with Crippen LogP contribution in [0.3, 0.4) is 0 Å². The zero-order valence-corrected chi connectivity index (χ0v) is 11.2. The quantitative estimate of drug-likeness (QED) is 0.857. The van der Waals surface area contributed by atoms with Crippen LogP contribution < -0.4 is 0 Å². The molecule has 0 amide bonds. The van der Waals surface area contributed by atoms with E-state index in [4.69, 9.17) is 4.42 Å². The molecule has 3 heteroatoms. The molecule has 1 aromatic heterocycles. The first-order chi connectivity index (χ1) is 7.93. The third kappa shape index (κ3) is 2.26. The third-order valence-electron chi connectivity index (χ3n) is 4.53. The number of nitrogens with zero attached hydrogens (tertiary/aromatic N) is 1. The standard InChI is InChI=1S/C14H23NO2/c1-10-8-13(16)12(14(2,3)15(10)4)9-11-6-5-7-17-11/h5-7,10,12-13,16H,8-9H2,1-4H3. The van der Waals surface area contributed by atoms with Crippen LogP contribution in [-0.4, -0.2) is 34.7 Å². The molecule has 0 saturated carbocycles. The van der Waals surface area contributed by atoms with Gasteiger partial charge in [0.1, 0.15) is 5.76 Å². The summed E-state index contributed by atoms with van der Waals surface area (Å²) in [5.74, 6) is 1.18. The number of piperidine rings is 1. The van der Waals surface area contributed by atoms with E-state index in [-0.39, 0.29) is 17.6 Å². The molecule has 1 aliphatic heterocycles. The molecule has 1 aromatic rings. The van der Waals surface area contributed by atoms with E-state index >= 15 is 0 Å². The van der Waals surface area contributed by atoms with Gasteiger partial charge in [-0.25, -0.2) is 0 Å². The molecule has 0 bridgehead atoms. The zero-order valence-electron chi connectivity index (χ0n) is 11.2. The molecule has 1 N–H and O–H groups in total. The lowest BCUT2D eigenvalue weighted by atomic mass is 9.73. The normalized spacial score (nSPS) is 33.8. The van der Waals surface area contributed by atoms with E-state index in [1.54, 1.807) is 6.26 Å². The van der Waals surface area contributed by atoms with Gasteiger partial charge in [0, 0.05) is 23.9 Å². The first kappa shape index (κ1) is 12.7. The summed E-state index contributed by atoms with van der Waals surface area (Å²) in [6.07, 6.45) is 3.09. The molecule has 17 heavy (non-hydrogen) atoms. The second kappa shape index (κ2) is 4.46. The minimum Gasteiger partial charge on any atom is -0.469 e. The molecule has 1 fully saturated rings. The predicted molar refractivity (Wildman–Crippen MR) is 67.8 cm³/mol. The van der Waals surface area contributed by atoms with Gasteiger partial charge in [-0.1, -0.05) is 0 Å². The van der Waals surface area contributed by atoms with Crippen LogP contribution in [0.4, 0.5) is 0 Å². The van der Waals surface area contributed by atoms with Crippen LogP contribution in [0.15, 0.2) is 22.8 Å². The van der Waals surface area contributed by atoms with Crippen LogP contribution in [0.2, 0.25) is 0 Å². The third-order valence-corrected chi connectivity index (χ3v) is 4.53. The van der Waals surface area contributed by atoms with E-state index < -0.39 is 0 Å². The molecule has 3 nitrogen and oxygen atoms in total. The van der Waals surface area contributed by atoms with Crippen molar-refractivity contribution in [3.63, 3.8) is 0 Å². The summed E-state index contributed by atoms with van der Waals surface area (Å²) >= 11 is 0. The largest absolute Gasteiger partial charge is 0.469 e. The van der Waals surface area contributed by atoms with Crippen molar-refractivity contribution in [2.24, 2.45) is 5.92 Å². The summed E-state index contributed by atoms with van der Waals surface area (Å²) in [7, 11) is 2.14. The van der Waals surface area contributed by atoms with Crippen LogP contribution in [0.25, 0.3) is 0 Å². The number of aliphatic hydroxyl groups is 1. The first-order valence-corrected chi connectivity index (χ1v) is 6.36. The molecule has 0 aromatic carbocycles. The molecule has 3 atom stereocenters. The molecular formula is C14H23NO2. The Labute approximate surface area is 103 Å². The summed E-state index contributed by atoms with van der Waals surface area (Å²) in [4.78, 5) is 2.37. The number of furan rings is 1. The highest BCUT2D eigenvalue weighted by Gasteiger charge is 2.44. The fourth-order valence-corrected chi connectivity index (χ4v) is 3.00. The Bertz CT molecular complexity index is 358. The van der Waals surface area contributed by atoms with Crippen molar-refractivity contribution in [3.8, 4) is 0 Å². The van der Waals surface area contributed by atoms with Crippen LogP contribution in [0, 0.1) is 5.92 Å². The average molecular weight is 237 g/mol. The second-order valence-electron chi connectivity index (χ2n) is 5.81. The fourth-order valence-electron chi connectivity index (χ4n) is 3.00. The highest BCUT2D eigenvalue weighted by Crippen LogP contribution is 2.37. The predicted octanol–water partition coefficient (Wildman–Crippen LogP) is 2.30. The average Bonchev–Trinajstić information content (AvgIpc) is 2.75. The van der Waals surface area contributed by atoms with Crippen LogP contribution >= 0.6 is 0 Å². The summed E-state index contributed by atoms with van der Waals surface area (Å²) < 4.78 is 5.41. The highest BCUT2D eigenvalue weighted by atomic mass is 16.3. The molecule has 1 saturated heterocycles. The van der Waals surface area contributed by atoms with E-state index in [0.29, 0.717) is 6.04 Å². The molecule has 3 unspecified atom stereocenters. The minimum atomic E-state index is -0.249. The Balaban J connectivity index is 2.19. The fraction of sp³-hybridized carbons (Fsp3) is 0.714. The summed E-state index contributed by atoms with van der Waals surface area (Å²) in [5.41, 5.74) is -0.0100. The topological polar surface area (TPSA) is 36.6 Å². The maximum atomic E-state index is 10.3. The van der Waals surface area contributed by atoms with E-state index in [0.717, 1.165) is 18.6 Å². The molecule has 0 spiro atoms. The zero-order chi connectivity index (χ0) is 12.6. The van der Waals surface area contributed by atoms with Gasteiger partial charge in [0.05, 0.1) is 12.4 Å². The van der Waals surface area contributed by atoms with Crippen LogP contribution in [0.5, 0.6) is 0 Å². The lowest BCUT2D eigenvalue weighted by molar-refractivity contribution is -0.0763. The van der Waals surface area contributed by atoms with Crippen molar-refractivity contribution in [3.05, 3.63) is 24.2 Å². The number of likely N-dealkylation sites (tertiary alicyclic amines) is 1. The molecule has 1 aliphatic rings. The molecule has 2 heterocycles. The summed E-state index contributed by atoms with van der Waals surface area (Å²) in [5, 5.41) is 10.3. The molecule has 2 rings (SSSR count). The van der Waals surface area contributed by atoms with E-state index in [1.807, 2.05) is 12.1 Å². The lowest BCUT2D eigenvalue weighted by Crippen LogP contribution is -2.60. The van der Waals surface area contributed by atoms with Gasteiger partial charge < -0.3 is 9.52 Å². The smallest absolute Gasteiger partial charge is 0.104 e. The van der Waals surface area contributed by atoms with Gasteiger partial charge in [-0.15, -0.1) is 0 Å². The highest BCUT2D eigenvalue weighted by molar-refractivity contribution is 5.06. The van der Waals surface area contributed by atoms with Crippen molar-refractivity contribution in [1.82, 2.24) is 4.90 Å². The Morgan fingerprint density at radius 2 is 2.24 bits per heavy atom. The van der Waals surface area contributed by atoms with E-state index in [1.165, 1.54) is 0 Å². The van der Waals surface area contributed by atoms with Crippen molar-refractivity contribution in [1.29, 1.82) is 0 Å². The molecule has 0 aliphatic carbocycles. The first-order valence-electron chi connectivity index (χ1n) is 6.36. The maximum absolute atomic E-state index is 10.3. The van der Waals surface area contributed by atoms with E-state index in [2.05, 4.69) is 32.7 Å². The van der Waals surface area contributed by atoms with E-state index in [9.17, 15) is 5.11 Å². The maximum Gasteiger partial charge on any atom is 0.104 e. The molecule has 0 radical (unpaired) electrons. The number of hydrogen-bond acceptors (Lipinski definition) is 3. The number of aliphatic hydroxyl groups excluding tert-OH is 1.